The van der Waals surface area contributed by atoms with Gasteiger partial charge in [0.25, 0.3) is 0 Å². The van der Waals surface area contributed by atoms with Crippen molar-refractivity contribution in [1.29, 1.82) is 0 Å². The lowest BCUT2D eigenvalue weighted by Crippen LogP contribution is -2.26. The molecule has 84 valence electrons. The Kier molecular flexibility index (Phi) is 3.75. The molecular formula is C10H17BrN4. The van der Waals surface area contributed by atoms with Crippen molar-refractivity contribution >= 4 is 15.9 Å². The molecule has 1 unspecified atom stereocenters. The maximum atomic E-state index is 4.26. The molecule has 5 heteroatoms. The Hall–Kier alpha value is -0.420. The van der Waals surface area contributed by atoms with Crippen LogP contribution >= 0.6 is 15.9 Å². The first-order valence-electron chi connectivity index (χ1n) is 5.45. The van der Waals surface area contributed by atoms with Crippen LogP contribution in [-0.4, -0.2) is 37.6 Å². The van der Waals surface area contributed by atoms with Crippen LogP contribution in [0.1, 0.15) is 25.1 Å². The average Bonchev–Trinajstić information content (AvgIpc) is 2.48. The van der Waals surface area contributed by atoms with Crippen LogP contribution in [0.2, 0.25) is 0 Å². The van der Waals surface area contributed by atoms with Crippen LogP contribution in [0.5, 0.6) is 0 Å². The van der Waals surface area contributed by atoms with Crippen LogP contribution in [0, 0.1) is 0 Å². The minimum Gasteiger partial charge on any atom is -0.296 e. The third kappa shape index (κ3) is 3.01. The molecule has 0 saturated carbocycles. The Balaban J connectivity index is 1.92. The number of halogens is 1. The van der Waals surface area contributed by atoms with E-state index < -0.39 is 0 Å². The van der Waals surface area contributed by atoms with Crippen LogP contribution in [-0.2, 0) is 13.6 Å². The standard InChI is InChI=1S/C10H17BrN4/c1-14-10(12-8-13-14)7-15-5-2-3-9(11)4-6-15/h8-9H,2-7H2,1H3. The van der Waals surface area contributed by atoms with E-state index in [1.54, 1.807) is 6.33 Å². The molecule has 1 aromatic rings. The summed E-state index contributed by atoms with van der Waals surface area (Å²) in [6, 6.07) is 0. The van der Waals surface area contributed by atoms with Crippen LogP contribution in [0.4, 0.5) is 0 Å². The second-order valence-corrected chi connectivity index (χ2v) is 5.40. The Morgan fingerprint density at radius 1 is 1.47 bits per heavy atom. The van der Waals surface area contributed by atoms with Crippen molar-refractivity contribution < 1.29 is 0 Å². The molecule has 0 spiro atoms. The summed E-state index contributed by atoms with van der Waals surface area (Å²) in [7, 11) is 1.95. The van der Waals surface area contributed by atoms with E-state index in [1.807, 2.05) is 11.7 Å². The zero-order chi connectivity index (χ0) is 10.7. The van der Waals surface area contributed by atoms with Crippen molar-refractivity contribution in [1.82, 2.24) is 19.7 Å². The van der Waals surface area contributed by atoms with Gasteiger partial charge < -0.3 is 0 Å². The van der Waals surface area contributed by atoms with Crippen molar-refractivity contribution in [3.05, 3.63) is 12.2 Å². The topological polar surface area (TPSA) is 34.0 Å². The third-order valence-corrected chi connectivity index (χ3v) is 3.84. The number of hydrogen-bond donors (Lipinski definition) is 0. The van der Waals surface area contributed by atoms with Gasteiger partial charge in [0, 0.05) is 11.9 Å². The fraction of sp³-hybridized carbons (Fsp3) is 0.800. The van der Waals surface area contributed by atoms with Gasteiger partial charge in [0.15, 0.2) is 0 Å². The Morgan fingerprint density at radius 2 is 2.33 bits per heavy atom. The van der Waals surface area contributed by atoms with E-state index in [2.05, 4.69) is 30.9 Å². The van der Waals surface area contributed by atoms with Gasteiger partial charge in [-0.05, 0) is 32.4 Å². The van der Waals surface area contributed by atoms with Crippen LogP contribution < -0.4 is 0 Å². The SMILES string of the molecule is Cn1ncnc1CN1CCCC(Br)CC1. The van der Waals surface area contributed by atoms with Gasteiger partial charge in [0.2, 0.25) is 0 Å². The fourth-order valence-corrected chi connectivity index (χ4v) is 2.47. The lowest BCUT2D eigenvalue weighted by atomic mass is 10.2. The molecule has 0 aliphatic carbocycles. The van der Waals surface area contributed by atoms with E-state index in [-0.39, 0.29) is 0 Å². The predicted octanol–water partition coefficient (Wildman–Crippen LogP) is 1.56. The zero-order valence-electron chi connectivity index (χ0n) is 9.06. The van der Waals surface area contributed by atoms with E-state index in [4.69, 9.17) is 0 Å². The maximum Gasteiger partial charge on any atom is 0.140 e. The van der Waals surface area contributed by atoms with Crippen LogP contribution in [0.15, 0.2) is 6.33 Å². The maximum absolute atomic E-state index is 4.26. The highest BCUT2D eigenvalue weighted by molar-refractivity contribution is 9.09. The lowest BCUT2D eigenvalue weighted by molar-refractivity contribution is 0.266. The Bertz CT molecular complexity index is 312. The molecular weight excluding hydrogens is 256 g/mol. The lowest BCUT2D eigenvalue weighted by Gasteiger charge is -2.18. The number of aryl methyl sites for hydroxylation is 1. The second kappa shape index (κ2) is 5.07. The fourth-order valence-electron chi connectivity index (χ4n) is 1.94. The predicted molar refractivity (Wildman–Crippen MR) is 62.8 cm³/mol. The smallest absolute Gasteiger partial charge is 0.140 e. The molecule has 0 bridgehead atoms. The summed E-state index contributed by atoms with van der Waals surface area (Å²) in [5, 5.41) is 4.09. The van der Waals surface area contributed by atoms with Gasteiger partial charge in [-0.1, -0.05) is 15.9 Å². The number of likely N-dealkylation sites (tertiary alicyclic amines) is 1. The largest absolute Gasteiger partial charge is 0.296 e. The number of aromatic nitrogens is 3. The summed E-state index contributed by atoms with van der Waals surface area (Å²) in [5.74, 6) is 1.06. The normalized spacial score (nSPS) is 24.0. The summed E-state index contributed by atoms with van der Waals surface area (Å²) in [6.45, 7) is 3.26. The summed E-state index contributed by atoms with van der Waals surface area (Å²) in [6.07, 6.45) is 5.42. The Labute approximate surface area is 98.8 Å². The molecule has 1 atom stereocenters. The monoisotopic (exact) mass is 272 g/mol. The highest BCUT2D eigenvalue weighted by Crippen LogP contribution is 2.18. The van der Waals surface area contributed by atoms with E-state index >= 15 is 0 Å². The van der Waals surface area contributed by atoms with Gasteiger partial charge >= 0.3 is 0 Å². The Morgan fingerprint density at radius 3 is 3.07 bits per heavy atom. The summed E-state index contributed by atoms with van der Waals surface area (Å²) < 4.78 is 1.86. The van der Waals surface area contributed by atoms with Gasteiger partial charge in [-0.2, -0.15) is 5.10 Å². The molecule has 0 amide bonds. The van der Waals surface area contributed by atoms with Crippen molar-refractivity contribution in [2.24, 2.45) is 7.05 Å². The molecule has 0 radical (unpaired) electrons. The molecule has 2 rings (SSSR count). The van der Waals surface area contributed by atoms with Gasteiger partial charge in [-0.15, -0.1) is 0 Å². The van der Waals surface area contributed by atoms with E-state index in [9.17, 15) is 0 Å². The van der Waals surface area contributed by atoms with Crippen LogP contribution in [0.3, 0.4) is 0 Å². The van der Waals surface area contributed by atoms with Gasteiger partial charge in [-0.25, -0.2) is 4.98 Å². The van der Waals surface area contributed by atoms with Crippen molar-refractivity contribution in [3.63, 3.8) is 0 Å². The van der Waals surface area contributed by atoms with Crippen molar-refractivity contribution in [2.75, 3.05) is 13.1 Å². The van der Waals surface area contributed by atoms with Gasteiger partial charge in [-0.3, -0.25) is 9.58 Å². The molecule has 0 N–H and O–H groups in total. The van der Waals surface area contributed by atoms with E-state index in [0.29, 0.717) is 4.83 Å². The minimum atomic E-state index is 0.696. The molecule has 1 aliphatic rings. The molecule has 2 heterocycles. The summed E-state index contributed by atoms with van der Waals surface area (Å²) in [4.78, 5) is 7.42. The zero-order valence-corrected chi connectivity index (χ0v) is 10.7. The minimum absolute atomic E-state index is 0.696. The molecule has 15 heavy (non-hydrogen) atoms. The highest BCUT2D eigenvalue weighted by atomic mass is 79.9. The summed E-state index contributed by atoms with van der Waals surface area (Å²) >= 11 is 3.70. The first-order chi connectivity index (χ1) is 7.25. The second-order valence-electron chi connectivity index (χ2n) is 4.10. The average molecular weight is 273 g/mol. The highest BCUT2D eigenvalue weighted by Gasteiger charge is 2.16. The first-order valence-corrected chi connectivity index (χ1v) is 6.36. The van der Waals surface area contributed by atoms with E-state index in [0.717, 1.165) is 18.9 Å². The number of nitrogens with zero attached hydrogens (tertiary/aromatic N) is 4. The van der Waals surface area contributed by atoms with E-state index in [1.165, 1.54) is 25.8 Å². The molecule has 0 aromatic carbocycles. The van der Waals surface area contributed by atoms with Crippen LogP contribution in [0.25, 0.3) is 0 Å². The molecule has 4 nitrogen and oxygen atoms in total. The molecule has 1 aromatic heterocycles. The quantitative estimate of drug-likeness (QED) is 0.767. The van der Waals surface area contributed by atoms with Gasteiger partial charge in [0.1, 0.15) is 12.2 Å². The number of alkyl halides is 1. The summed E-state index contributed by atoms with van der Waals surface area (Å²) in [5.41, 5.74) is 0. The molecule has 1 aliphatic heterocycles. The molecule has 1 saturated heterocycles. The van der Waals surface area contributed by atoms with Gasteiger partial charge in [0.05, 0.1) is 6.54 Å². The third-order valence-electron chi connectivity index (χ3n) is 2.92. The number of hydrogen-bond acceptors (Lipinski definition) is 3. The van der Waals surface area contributed by atoms with Crippen molar-refractivity contribution in [2.45, 2.75) is 30.6 Å². The first kappa shape index (κ1) is 11.1. The number of rotatable bonds is 2. The van der Waals surface area contributed by atoms with Crippen molar-refractivity contribution in [3.8, 4) is 0 Å². The molecule has 1 fully saturated rings.